The Morgan fingerprint density at radius 1 is 1.21 bits per heavy atom. The van der Waals surface area contributed by atoms with Crippen molar-refractivity contribution in [3.63, 3.8) is 0 Å². The van der Waals surface area contributed by atoms with Gasteiger partial charge in [0, 0.05) is 31.7 Å². The van der Waals surface area contributed by atoms with E-state index in [0.29, 0.717) is 25.2 Å². The maximum absolute atomic E-state index is 13.2. The molecule has 2 saturated heterocycles. The van der Waals surface area contributed by atoms with Crippen molar-refractivity contribution in [2.45, 2.75) is 6.92 Å². The Hall–Kier alpha value is -2.69. The molecule has 0 radical (unpaired) electrons. The minimum absolute atomic E-state index is 0.0262. The number of benzene rings is 1. The van der Waals surface area contributed by atoms with E-state index in [0.717, 1.165) is 16.8 Å². The summed E-state index contributed by atoms with van der Waals surface area (Å²) in [6.45, 7) is 3.66. The van der Waals surface area contributed by atoms with Crippen molar-refractivity contribution < 1.29 is 9.59 Å². The first kappa shape index (κ1) is 14.9. The Kier molecular flexibility index (Phi) is 3.56. The molecule has 0 saturated carbocycles. The van der Waals surface area contributed by atoms with E-state index in [4.69, 9.17) is 0 Å². The highest BCUT2D eigenvalue weighted by Gasteiger charge is 2.44. The molecule has 2 atom stereocenters. The summed E-state index contributed by atoms with van der Waals surface area (Å²) in [5.41, 5.74) is 3.27. The van der Waals surface area contributed by atoms with Crippen LogP contribution in [0.3, 0.4) is 0 Å². The number of carbonyl (C=O) groups excluding carboxylic acids is 2. The van der Waals surface area contributed by atoms with Crippen molar-refractivity contribution in [2.24, 2.45) is 11.8 Å². The summed E-state index contributed by atoms with van der Waals surface area (Å²) >= 11 is 0. The van der Waals surface area contributed by atoms with Crippen molar-refractivity contribution >= 4 is 11.8 Å². The van der Waals surface area contributed by atoms with Crippen LogP contribution in [0.25, 0.3) is 11.1 Å². The molecule has 5 heteroatoms. The van der Waals surface area contributed by atoms with Crippen molar-refractivity contribution in [3.8, 4) is 11.1 Å². The first-order valence-electron chi connectivity index (χ1n) is 8.23. The maximum atomic E-state index is 13.2. The molecule has 3 heterocycles. The fraction of sp³-hybridized carbons (Fsp3) is 0.316. The van der Waals surface area contributed by atoms with Crippen LogP contribution in [-0.4, -0.2) is 41.3 Å². The number of aryl methyl sites for hydroxylation is 1. The zero-order valence-electron chi connectivity index (χ0n) is 13.5. The number of fused-ring (bicyclic) bond motifs is 1. The summed E-state index contributed by atoms with van der Waals surface area (Å²) in [7, 11) is 0. The molecular weight excluding hydrogens is 302 g/mol. The lowest BCUT2D eigenvalue weighted by atomic mass is 9.98. The highest BCUT2D eigenvalue weighted by atomic mass is 16.2. The van der Waals surface area contributed by atoms with Gasteiger partial charge in [0.1, 0.15) is 0 Å². The Bertz CT molecular complexity index is 804. The van der Waals surface area contributed by atoms with Gasteiger partial charge in [-0.25, -0.2) is 0 Å². The van der Waals surface area contributed by atoms with Gasteiger partial charge < -0.3 is 10.2 Å². The van der Waals surface area contributed by atoms with E-state index in [1.165, 1.54) is 0 Å². The van der Waals surface area contributed by atoms with Crippen LogP contribution < -0.4 is 5.32 Å². The third-order valence-corrected chi connectivity index (χ3v) is 5.04. The number of amides is 2. The Balaban J connectivity index is 1.69. The predicted octanol–water partition coefficient (Wildman–Crippen LogP) is 1.88. The third kappa shape index (κ3) is 2.37. The van der Waals surface area contributed by atoms with Gasteiger partial charge in [0.25, 0.3) is 5.91 Å². The summed E-state index contributed by atoms with van der Waals surface area (Å²) in [5.74, 6) is 0.216. The second-order valence-electron chi connectivity index (χ2n) is 6.51. The molecule has 2 fully saturated rings. The summed E-state index contributed by atoms with van der Waals surface area (Å²) in [6.07, 6.45) is 1.74. The lowest BCUT2D eigenvalue weighted by Gasteiger charge is -2.20. The van der Waals surface area contributed by atoms with Gasteiger partial charge >= 0.3 is 0 Å². The molecule has 1 aromatic carbocycles. The molecule has 2 aromatic rings. The predicted molar refractivity (Wildman–Crippen MR) is 90.3 cm³/mol. The minimum atomic E-state index is -0.0638. The van der Waals surface area contributed by atoms with Crippen molar-refractivity contribution in [2.75, 3.05) is 19.6 Å². The van der Waals surface area contributed by atoms with Gasteiger partial charge in [-0.3, -0.25) is 14.6 Å². The third-order valence-electron chi connectivity index (χ3n) is 5.04. The molecule has 2 aliphatic heterocycles. The summed E-state index contributed by atoms with van der Waals surface area (Å²) in [4.78, 5) is 31.1. The molecule has 2 amide bonds. The van der Waals surface area contributed by atoms with E-state index in [9.17, 15) is 9.59 Å². The van der Waals surface area contributed by atoms with E-state index in [-0.39, 0.29) is 23.7 Å². The molecule has 5 nitrogen and oxygen atoms in total. The molecule has 1 aromatic heterocycles. The monoisotopic (exact) mass is 321 g/mol. The van der Waals surface area contributed by atoms with Crippen LogP contribution in [-0.2, 0) is 4.79 Å². The number of nitrogens with one attached hydrogen (secondary N) is 1. The number of hydrogen-bond donors (Lipinski definition) is 1. The number of aromatic nitrogens is 1. The fourth-order valence-electron chi connectivity index (χ4n) is 3.76. The molecule has 0 bridgehead atoms. The van der Waals surface area contributed by atoms with E-state index in [2.05, 4.69) is 10.3 Å². The average molecular weight is 321 g/mol. The largest absolute Gasteiger partial charge is 0.355 e. The SMILES string of the molecule is Cc1nccc(-c2ccccc2)c1C(=O)N1C[C@@H]2CNC(=O)[C@@H]2C1. The van der Waals surface area contributed by atoms with Gasteiger partial charge in [-0.05, 0) is 24.1 Å². The molecule has 4 rings (SSSR count). The lowest BCUT2D eigenvalue weighted by Crippen LogP contribution is -2.34. The average Bonchev–Trinajstić information content (AvgIpc) is 3.17. The molecule has 0 aliphatic carbocycles. The van der Waals surface area contributed by atoms with Crippen molar-refractivity contribution in [3.05, 3.63) is 53.9 Å². The van der Waals surface area contributed by atoms with Gasteiger partial charge in [0.15, 0.2) is 0 Å². The van der Waals surface area contributed by atoms with E-state index in [1.54, 1.807) is 6.20 Å². The van der Waals surface area contributed by atoms with Gasteiger partial charge in [0.2, 0.25) is 5.91 Å². The molecule has 0 unspecified atom stereocenters. The second kappa shape index (κ2) is 5.74. The number of carbonyl (C=O) groups is 2. The van der Waals surface area contributed by atoms with E-state index >= 15 is 0 Å². The second-order valence-corrected chi connectivity index (χ2v) is 6.51. The number of nitrogens with zero attached hydrogens (tertiary/aromatic N) is 2. The number of pyridine rings is 1. The fourth-order valence-corrected chi connectivity index (χ4v) is 3.76. The standard InChI is InChI=1S/C19H19N3O2/c1-12-17(15(7-8-20-12)13-5-3-2-4-6-13)19(24)22-10-14-9-21-18(23)16(14)11-22/h2-8,14,16H,9-11H2,1H3,(H,21,23)/t14-,16+/m0/s1. The van der Waals surface area contributed by atoms with Gasteiger partial charge in [-0.1, -0.05) is 30.3 Å². The first-order valence-corrected chi connectivity index (χ1v) is 8.23. The Morgan fingerprint density at radius 2 is 2.00 bits per heavy atom. The van der Waals surface area contributed by atoms with Crippen molar-refractivity contribution in [1.29, 1.82) is 0 Å². The quantitative estimate of drug-likeness (QED) is 0.918. The molecular formula is C19H19N3O2. The van der Waals surface area contributed by atoms with Gasteiger partial charge in [-0.15, -0.1) is 0 Å². The van der Waals surface area contributed by atoms with E-state index < -0.39 is 0 Å². The zero-order chi connectivity index (χ0) is 16.7. The maximum Gasteiger partial charge on any atom is 0.256 e. The van der Waals surface area contributed by atoms with Crippen LogP contribution >= 0.6 is 0 Å². The van der Waals surface area contributed by atoms with Gasteiger partial charge in [0.05, 0.1) is 17.2 Å². The molecule has 2 aliphatic rings. The molecule has 1 N–H and O–H groups in total. The number of likely N-dealkylation sites (tertiary alicyclic amines) is 1. The summed E-state index contributed by atoms with van der Waals surface area (Å²) < 4.78 is 0. The summed E-state index contributed by atoms with van der Waals surface area (Å²) in [6, 6.07) is 11.8. The zero-order valence-corrected chi connectivity index (χ0v) is 13.5. The molecule has 0 spiro atoms. The van der Waals surface area contributed by atoms with Crippen LogP contribution in [0.1, 0.15) is 16.1 Å². The summed E-state index contributed by atoms with van der Waals surface area (Å²) in [5, 5.41) is 2.88. The smallest absolute Gasteiger partial charge is 0.256 e. The topological polar surface area (TPSA) is 62.3 Å². The number of hydrogen-bond acceptors (Lipinski definition) is 3. The van der Waals surface area contributed by atoms with Crippen LogP contribution in [0.2, 0.25) is 0 Å². The van der Waals surface area contributed by atoms with Crippen LogP contribution in [0.5, 0.6) is 0 Å². The Morgan fingerprint density at radius 3 is 2.75 bits per heavy atom. The van der Waals surface area contributed by atoms with Crippen molar-refractivity contribution in [1.82, 2.24) is 15.2 Å². The molecule has 24 heavy (non-hydrogen) atoms. The van der Waals surface area contributed by atoms with Gasteiger partial charge in [-0.2, -0.15) is 0 Å². The number of rotatable bonds is 2. The first-order chi connectivity index (χ1) is 11.6. The van der Waals surface area contributed by atoms with Crippen LogP contribution in [0.15, 0.2) is 42.6 Å². The van der Waals surface area contributed by atoms with E-state index in [1.807, 2.05) is 48.2 Å². The van der Waals surface area contributed by atoms with Crippen LogP contribution in [0.4, 0.5) is 0 Å². The lowest BCUT2D eigenvalue weighted by molar-refractivity contribution is -0.122. The van der Waals surface area contributed by atoms with Crippen LogP contribution in [0, 0.1) is 18.8 Å². The minimum Gasteiger partial charge on any atom is -0.355 e. The highest BCUT2D eigenvalue weighted by molar-refractivity contribution is 6.02. The highest BCUT2D eigenvalue weighted by Crippen LogP contribution is 2.31. The normalized spacial score (nSPS) is 22.4. The Labute approximate surface area is 140 Å². The molecule has 122 valence electrons.